The van der Waals surface area contributed by atoms with Crippen LogP contribution in [0.5, 0.6) is 5.75 Å². The van der Waals surface area contributed by atoms with Gasteiger partial charge in [-0.05, 0) is 47.0 Å². The maximum atomic E-state index is 12.3. The molecule has 0 spiro atoms. The van der Waals surface area contributed by atoms with Gasteiger partial charge in [-0.1, -0.05) is 12.1 Å². The molecule has 0 fully saturated rings. The highest BCUT2D eigenvalue weighted by Crippen LogP contribution is 2.30. The summed E-state index contributed by atoms with van der Waals surface area (Å²) in [6.07, 6.45) is 1.58. The number of rotatable bonds is 4. The van der Waals surface area contributed by atoms with Crippen LogP contribution in [0, 0.1) is 10.1 Å². The zero-order chi connectivity index (χ0) is 17.1. The van der Waals surface area contributed by atoms with E-state index in [1.165, 1.54) is 12.1 Å². The zero-order valence-corrected chi connectivity index (χ0v) is 12.9. The van der Waals surface area contributed by atoms with Crippen LogP contribution in [0.25, 0.3) is 22.3 Å². The van der Waals surface area contributed by atoms with E-state index < -0.39 is 4.92 Å². The molecule has 3 rings (SSSR count). The Bertz CT molecular complexity index is 928. The molecule has 1 aromatic heterocycles. The number of benzene rings is 2. The predicted octanol–water partition coefficient (Wildman–Crippen LogP) is 3.63. The number of H-pyrrole nitrogens is 1. The molecular formula is C18H14N2O4. The Morgan fingerprint density at radius 1 is 0.958 bits per heavy atom. The van der Waals surface area contributed by atoms with Gasteiger partial charge in [-0.15, -0.1) is 0 Å². The third-order valence-corrected chi connectivity index (χ3v) is 3.73. The van der Waals surface area contributed by atoms with E-state index in [2.05, 4.69) is 4.98 Å². The van der Waals surface area contributed by atoms with E-state index in [1.807, 2.05) is 24.3 Å². The summed E-state index contributed by atoms with van der Waals surface area (Å²) in [5.74, 6) is 0.723. The number of hydrogen-bond donors (Lipinski definition) is 1. The van der Waals surface area contributed by atoms with Crippen LogP contribution in [-0.2, 0) is 0 Å². The Morgan fingerprint density at radius 3 is 2.17 bits per heavy atom. The fourth-order valence-corrected chi connectivity index (χ4v) is 2.53. The number of aromatic nitrogens is 1. The summed E-state index contributed by atoms with van der Waals surface area (Å²) in [4.78, 5) is 25.3. The lowest BCUT2D eigenvalue weighted by atomic mass is 9.96. The summed E-state index contributed by atoms with van der Waals surface area (Å²) in [6, 6.07) is 15.1. The van der Waals surface area contributed by atoms with Gasteiger partial charge in [-0.3, -0.25) is 14.9 Å². The molecule has 0 amide bonds. The van der Waals surface area contributed by atoms with Gasteiger partial charge in [0.2, 0.25) is 0 Å². The maximum absolute atomic E-state index is 12.3. The van der Waals surface area contributed by atoms with Gasteiger partial charge in [0.1, 0.15) is 5.75 Å². The minimum absolute atomic E-state index is 0.0166. The molecule has 0 aliphatic rings. The van der Waals surface area contributed by atoms with E-state index in [1.54, 1.807) is 31.5 Å². The average molecular weight is 322 g/mol. The van der Waals surface area contributed by atoms with Crippen molar-refractivity contribution in [2.75, 3.05) is 7.11 Å². The number of nitro benzene ring substituents is 1. The number of aromatic amines is 1. The standard InChI is InChI=1S/C18H14N2O4/c1-24-15-8-4-12(5-9-15)16-10-11-19-18(21)17(16)13-2-6-14(7-3-13)20(22)23/h2-11H,1H3,(H,19,21). The number of hydrogen-bond acceptors (Lipinski definition) is 4. The molecule has 120 valence electrons. The Kier molecular flexibility index (Phi) is 4.11. The summed E-state index contributed by atoms with van der Waals surface area (Å²) in [7, 11) is 1.59. The third-order valence-electron chi connectivity index (χ3n) is 3.73. The van der Waals surface area contributed by atoms with E-state index in [9.17, 15) is 14.9 Å². The van der Waals surface area contributed by atoms with Crippen molar-refractivity contribution in [2.24, 2.45) is 0 Å². The van der Waals surface area contributed by atoms with Crippen molar-refractivity contribution >= 4 is 5.69 Å². The molecule has 6 heteroatoms. The highest BCUT2D eigenvalue weighted by Gasteiger charge is 2.13. The Hall–Kier alpha value is -3.41. The number of nitro groups is 1. The molecule has 0 aliphatic heterocycles. The molecule has 0 unspecified atom stereocenters. The Labute approximate surface area is 137 Å². The number of methoxy groups -OCH3 is 1. The summed E-state index contributed by atoms with van der Waals surface area (Å²) in [5, 5.41) is 10.8. The first-order valence-corrected chi connectivity index (χ1v) is 7.21. The highest BCUT2D eigenvalue weighted by atomic mass is 16.6. The van der Waals surface area contributed by atoms with Crippen LogP contribution in [0.1, 0.15) is 0 Å². The molecule has 0 bridgehead atoms. The lowest BCUT2D eigenvalue weighted by Gasteiger charge is -2.09. The SMILES string of the molecule is COc1ccc(-c2cc[nH]c(=O)c2-c2ccc([N+](=O)[O-])cc2)cc1. The maximum Gasteiger partial charge on any atom is 0.269 e. The van der Waals surface area contributed by atoms with Crippen LogP contribution >= 0.6 is 0 Å². The number of non-ortho nitro benzene ring substituents is 1. The second kappa shape index (κ2) is 6.37. The minimum atomic E-state index is -0.469. The van der Waals surface area contributed by atoms with Crippen LogP contribution in [0.2, 0.25) is 0 Å². The van der Waals surface area contributed by atoms with Crippen molar-refractivity contribution < 1.29 is 9.66 Å². The Morgan fingerprint density at radius 2 is 1.58 bits per heavy atom. The zero-order valence-electron chi connectivity index (χ0n) is 12.9. The summed E-state index contributed by atoms with van der Waals surface area (Å²) in [6.45, 7) is 0. The first-order valence-electron chi connectivity index (χ1n) is 7.21. The van der Waals surface area contributed by atoms with Crippen molar-refractivity contribution in [3.63, 3.8) is 0 Å². The van der Waals surface area contributed by atoms with Crippen molar-refractivity contribution in [3.05, 3.63) is 81.3 Å². The first kappa shape index (κ1) is 15.5. The number of nitrogens with one attached hydrogen (secondary N) is 1. The Balaban J connectivity index is 2.13. The average Bonchev–Trinajstić information content (AvgIpc) is 2.61. The number of ether oxygens (including phenoxy) is 1. The summed E-state index contributed by atoms with van der Waals surface area (Å²) < 4.78 is 5.15. The van der Waals surface area contributed by atoms with Crippen molar-refractivity contribution in [1.82, 2.24) is 4.98 Å². The minimum Gasteiger partial charge on any atom is -0.497 e. The van der Waals surface area contributed by atoms with E-state index in [0.29, 0.717) is 11.1 Å². The van der Waals surface area contributed by atoms with Gasteiger partial charge in [0.25, 0.3) is 11.2 Å². The molecule has 0 saturated heterocycles. The van der Waals surface area contributed by atoms with Gasteiger partial charge in [0, 0.05) is 18.3 Å². The molecule has 1 heterocycles. The molecule has 0 saturated carbocycles. The second-order valence-electron chi connectivity index (χ2n) is 5.13. The number of nitrogens with zero attached hydrogens (tertiary/aromatic N) is 1. The molecule has 24 heavy (non-hydrogen) atoms. The predicted molar refractivity (Wildman–Crippen MR) is 91.1 cm³/mol. The smallest absolute Gasteiger partial charge is 0.269 e. The van der Waals surface area contributed by atoms with Crippen LogP contribution in [0.3, 0.4) is 0 Å². The van der Waals surface area contributed by atoms with Crippen LogP contribution < -0.4 is 10.3 Å². The van der Waals surface area contributed by atoms with Gasteiger partial charge in [0.05, 0.1) is 17.6 Å². The fraction of sp³-hybridized carbons (Fsp3) is 0.0556. The van der Waals surface area contributed by atoms with Crippen LogP contribution in [-0.4, -0.2) is 17.0 Å². The fourth-order valence-electron chi connectivity index (χ4n) is 2.53. The normalized spacial score (nSPS) is 10.4. The van der Waals surface area contributed by atoms with Gasteiger partial charge in [-0.2, -0.15) is 0 Å². The summed E-state index contributed by atoms with van der Waals surface area (Å²) in [5.41, 5.74) is 2.42. The number of pyridine rings is 1. The second-order valence-corrected chi connectivity index (χ2v) is 5.13. The van der Waals surface area contributed by atoms with Gasteiger partial charge in [-0.25, -0.2) is 0 Å². The molecule has 0 aliphatic carbocycles. The van der Waals surface area contributed by atoms with Crippen molar-refractivity contribution in [2.45, 2.75) is 0 Å². The van der Waals surface area contributed by atoms with E-state index in [4.69, 9.17) is 4.74 Å². The lowest BCUT2D eigenvalue weighted by Crippen LogP contribution is -2.09. The molecule has 3 aromatic rings. The quantitative estimate of drug-likeness (QED) is 0.587. The first-order chi connectivity index (χ1) is 11.6. The van der Waals surface area contributed by atoms with Crippen LogP contribution in [0.4, 0.5) is 5.69 Å². The van der Waals surface area contributed by atoms with E-state index >= 15 is 0 Å². The molecular weight excluding hydrogens is 308 g/mol. The molecule has 1 N–H and O–H groups in total. The molecule has 0 atom stereocenters. The van der Waals surface area contributed by atoms with Crippen LogP contribution in [0.15, 0.2) is 65.6 Å². The van der Waals surface area contributed by atoms with Crippen molar-refractivity contribution in [1.29, 1.82) is 0 Å². The van der Waals surface area contributed by atoms with E-state index in [0.717, 1.165) is 16.9 Å². The topological polar surface area (TPSA) is 85.2 Å². The van der Waals surface area contributed by atoms with Crippen molar-refractivity contribution in [3.8, 4) is 28.0 Å². The van der Waals surface area contributed by atoms with Gasteiger partial charge >= 0.3 is 0 Å². The van der Waals surface area contributed by atoms with Gasteiger partial charge < -0.3 is 9.72 Å². The molecule has 0 radical (unpaired) electrons. The highest BCUT2D eigenvalue weighted by molar-refractivity contribution is 5.83. The van der Waals surface area contributed by atoms with E-state index in [-0.39, 0.29) is 11.2 Å². The summed E-state index contributed by atoms with van der Waals surface area (Å²) >= 11 is 0. The third kappa shape index (κ3) is 2.89. The largest absolute Gasteiger partial charge is 0.497 e. The lowest BCUT2D eigenvalue weighted by molar-refractivity contribution is -0.384. The molecule has 2 aromatic carbocycles. The monoisotopic (exact) mass is 322 g/mol. The van der Waals surface area contributed by atoms with Gasteiger partial charge in [0.15, 0.2) is 0 Å². The molecule has 6 nitrogen and oxygen atoms in total.